The highest BCUT2D eigenvalue weighted by Crippen LogP contribution is 2.20. The third-order valence-electron chi connectivity index (χ3n) is 3.24. The molecule has 1 aliphatic heterocycles. The summed E-state index contributed by atoms with van der Waals surface area (Å²) in [7, 11) is 0. The van der Waals surface area contributed by atoms with E-state index in [1.807, 2.05) is 23.3 Å². The fourth-order valence-corrected chi connectivity index (χ4v) is 2.53. The van der Waals surface area contributed by atoms with Crippen LogP contribution in [0.25, 0.3) is 0 Å². The molecule has 5 heteroatoms. The van der Waals surface area contributed by atoms with E-state index in [0.717, 1.165) is 26.2 Å². The maximum absolute atomic E-state index is 5.84. The molecule has 94 valence electrons. The molecule has 0 saturated carbocycles. The first-order valence-electron chi connectivity index (χ1n) is 6.09. The molecule has 2 aromatic heterocycles. The van der Waals surface area contributed by atoms with Crippen LogP contribution in [0.15, 0.2) is 36.9 Å². The van der Waals surface area contributed by atoms with Crippen LogP contribution in [0.3, 0.4) is 0 Å². The van der Waals surface area contributed by atoms with E-state index in [4.69, 9.17) is 11.6 Å². The van der Waals surface area contributed by atoms with Gasteiger partial charge in [0.05, 0.1) is 11.2 Å². The Morgan fingerprint density at radius 1 is 1.28 bits per heavy atom. The highest BCUT2D eigenvalue weighted by atomic mass is 35.5. The predicted octanol–water partition coefficient (Wildman–Crippen LogP) is 2.06. The van der Waals surface area contributed by atoms with E-state index in [9.17, 15) is 0 Å². The van der Waals surface area contributed by atoms with E-state index in [1.165, 1.54) is 5.56 Å². The lowest BCUT2D eigenvalue weighted by molar-refractivity contribution is 0.0777. The smallest absolute Gasteiger partial charge is 0.0785 e. The van der Waals surface area contributed by atoms with Crippen molar-refractivity contribution in [1.29, 1.82) is 0 Å². The molecule has 0 aliphatic carbocycles. The molecule has 0 atom stereocenters. The molecule has 0 spiro atoms. The molecule has 3 rings (SSSR count). The Hall–Kier alpha value is -1.39. The summed E-state index contributed by atoms with van der Waals surface area (Å²) in [6, 6.07) is 4.14. The third-order valence-corrected chi connectivity index (χ3v) is 3.43. The number of hydrogen-bond acceptors (Lipinski definition) is 3. The maximum Gasteiger partial charge on any atom is 0.0785 e. The number of rotatable bonds is 4. The van der Waals surface area contributed by atoms with Gasteiger partial charge in [-0.15, -0.1) is 0 Å². The van der Waals surface area contributed by atoms with E-state index in [-0.39, 0.29) is 0 Å². The Balaban J connectivity index is 1.46. The molecule has 0 aromatic carbocycles. The molecule has 1 saturated heterocycles. The van der Waals surface area contributed by atoms with Crippen molar-refractivity contribution < 1.29 is 0 Å². The van der Waals surface area contributed by atoms with Gasteiger partial charge in [-0.05, 0) is 17.7 Å². The van der Waals surface area contributed by atoms with Crippen molar-refractivity contribution in [1.82, 2.24) is 19.7 Å². The normalized spacial score (nSPS) is 16.7. The summed E-state index contributed by atoms with van der Waals surface area (Å²) in [4.78, 5) is 6.46. The molecule has 3 heterocycles. The van der Waals surface area contributed by atoms with Gasteiger partial charge in [0, 0.05) is 50.7 Å². The summed E-state index contributed by atoms with van der Waals surface area (Å²) >= 11 is 5.84. The second kappa shape index (κ2) is 5.08. The van der Waals surface area contributed by atoms with Crippen molar-refractivity contribution >= 4 is 11.6 Å². The second-order valence-corrected chi connectivity index (χ2v) is 5.23. The third kappa shape index (κ3) is 2.71. The molecular weight excluding hydrogens is 248 g/mol. The van der Waals surface area contributed by atoms with Crippen molar-refractivity contribution in [3.05, 3.63) is 47.5 Å². The van der Waals surface area contributed by atoms with Gasteiger partial charge >= 0.3 is 0 Å². The zero-order valence-corrected chi connectivity index (χ0v) is 10.8. The van der Waals surface area contributed by atoms with Crippen molar-refractivity contribution in [3.63, 3.8) is 0 Å². The fraction of sp³-hybridized carbons (Fsp3) is 0.385. The van der Waals surface area contributed by atoms with Gasteiger partial charge < -0.3 is 0 Å². The van der Waals surface area contributed by atoms with Crippen LogP contribution in [0.5, 0.6) is 0 Å². The molecular formula is C13H15ClN4. The van der Waals surface area contributed by atoms with Gasteiger partial charge in [0.25, 0.3) is 0 Å². The average Bonchev–Trinajstić information content (AvgIpc) is 2.73. The first-order valence-corrected chi connectivity index (χ1v) is 6.46. The Bertz CT molecular complexity index is 505. The van der Waals surface area contributed by atoms with Crippen LogP contribution in [0, 0.1) is 5.92 Å². The Morgan fingerprint density at radius 3 is 2.72 bits per heavy atom. The summed E-state index contributed by atoms with van der Waals surface area (Å²) in [5.74, 6) is 0.683. The van der Waals surface area contributed by atoms with Gasteiger partial charge in [0.2, 0.25) is 0 Å². The summed E-state index contributed by atoms with van der Waals surface area (Å²) in [5.41, 5.74) is 1.32. The number of likely N-dealkylation sites (tertiary alicyclic amines) is 1. The van der Waals surface area contributed by atoms with Crippen LogP contribution in [0.4, 0.5) is 0 Å². The van der Waals surface area contributed by atoms with Crippen molar-refractivity contribution in [2.24, 2.45) is 5.92 Å². The van der Waals surface area contributed by atoms with Gasteiger partial charge in [-0.3, -0.25) is 14.6 Å². The summed E-state index contributed by atoms with van der Waals surface area (Å²) < 4.78 is 1.93. The molecule has 0 unspecified atom stereocenters. The highest BCUT2D eigenvalue weighted by Gasteiger charge is 2.26. The molecule has 0 radical (unpaired) electrons. The van der Waals surface area contributed by atoms with E-state index >= 15 is 0 Å². The molecule has 18 heavy (non-hydrogen) atoms. The zero-order chi connectivity index (χ0) is 12.4. The molecule has 1 fully saturated rings. The highest BCUT2D eigenvalue weighted by molar-refractivity contribution is 6.30. The van der Waals surface area contributed by atoms with Crippen LogP contribution in [-0.4, -0.2) is 32.8 Å². The van der Waals surface area contributed by atoms with Crippen LogP contribution < -0.4 is 0 Å². The summed E-state index contributed by atoms with van der Waals surface area (Å²) in [6.07, 6.45) is 7.26. The molecule has 1 aliphatic rings. The fourth-order valence-electron chi connectivity index (χ4n) is 2.37. The van der Waals surface area contributed by atoms with Crippen molar-refractivity contribution in [2.45, 2.75) is 13.1 Å². The predicted molar refractivity (Wildman–Crippen MR) is 70.2 cm³/mol. The maximum atomic E-state index is 5.84. The summed E-state index contributed by atoms with van der Waals surface area (Å²) in [6.45, 7) is 4.22. The van der Waals surface area contributed by atoms with Gasteiger partial charge in [-0.1, -0.05) is 11.6 Å². The number of pyridine rings is 1. The number of aromatic nitrogens is 3. The van der Waals surface area contributed by atoms with Gasteiger partial charge in [-0.25, -0.2) is 0 Å². The monoisotopic (exact) mass is 262 g/mol. The number of halogens is 1. The van der Waals surface area contributed by atoms with E-state index in [2.05, 4.69) is 27.1 Å². The van der Waals surface area contributed by atoms with Gasteiger partial charge in [-0.2, -0.15) is 5.10 Å². The minimum Gasteiger partial charge on any atom is -0.298 e. The van der Waals surface area contributed by atoms with Crippen LogP contribution >= 0.6 is 11.6 Å². The first kappa shape index (κ1) is 11.7. The molecule has 2 aromatic rings. The number of nitrogens with zero attached hydrogens (tertiary/aromatic N) is 4. The van der Waals surface area contributed by atoms with Crippen LogP contribution in [0.1, 0.15) is 5.56 Å². The molecule has 0 N–H and O–H groups in total. The van der Waals surface area contributed by atoms with E-state index in [1.54, 1.807) is 6.20 Å². The standard InChI is InChI=1S/C13H15ClN4/c14-13-5-16-18(10-13)9-12-7-17(8-12)6-11-1-3-15-4-2-11/h1-5,10,12H,6-9H2. The van der Waals surface area contributed by atoms with Gasteiger partial charge in [0.1, 0.15) is 0 Å². The van der Waals surface area contributed by atoms with Gasteiger partial charge in [0.15, 0.2) is 0 Å². The lowest BCUT2D eigenvalue weighted by Crippen LogP contribution is -2.47. The first-order chi connectivity index (χ1) is 8.79. The minimum absolute atomic E-state index is 0.683. The van der Waals surface area contributed by atoms with Crippen molar-refractivity contribution in [2.75, 3.05) is 13.1 Å². The van der Waals surface area contributed by atoms with Crippen LogP contribution in [-0.2, 0) is 13.1 Å². The Kier molecular flexibility index (Phi) is 3.30. The quantitative estimate of drug-likeness (QED) is 0.846. The second-order valence-electron chi connectivity index (χ2n) is 4.80. The molecule has 4 nitrogen and oxygen atoms in total. The average molecular weight is 263 g/mol. The zero-order valence-electron chi connectivity index (χ0n) is 10.0. The minimum atomic E-state index is 0.683. The van der Waals surface area contributed by atoms with E-state index < -0.39 is 0 Å². The number of hydrogen-bond donors (Lipinski definition) is 0. The lowest BCUT2D eigenvalue weighted by atomic mass is 9.99. The van der Waals surface area contributed by atoms with Crippen molar-refractivity contribution in [3.8, 4) is 0 Å². The Labute approximate surface area is 111 Å². The van der Waals surface area contributed by atoms with E-state index in [0.29, 0.717) is 10.9 Å². The topological polar surface area (TPSA) is 34.0 Å². The van der Waals surface area contributed by atoms with Crippen LogP contribution in [0.2, 0.25) is 5.02 Å². The largest absolute Gasteiger partial charge is 0.298 e. The molecule has 0 bridgehead atoms. The summed E-state index contributed by atoms with van der Waals surface area (Å²) in [5, 5.41) is 4.92. The SMILES string of the molecule is Clc1cnn(CC2CN(Cc3ccncc3)C2)c1. The Morgan fingerprint density at radius 2 is 2.06 bits per heavy atom. The lowest BCUT2D eigenvalue weighted by Gasteiger charge is -2.39. The molecule has 0 amide bonds.